The van der Waals surface area contributed by atoms with Crippen molar-refractivity contribution in [1.82, 2.24) is 4.98 Å². The van der Waals surface area contributed by atoms with Crippen LogP contribution in [0.2, 0.25) is 0 Å². The summed E-state index contributed by atoms with van der Waals surface area (Å²) < 4.78 is 5.42. The van der Waals surface area contributed by atoms with E-state index in [4.69, 9.17) is 10.2 Å². The van der Waals surface area contributed by atoms with Crippen LogP contribution in [0.1, 0.15) is 18.2 Å². The second-order valence-electron chi connectivity index (χ2n) is 4.95. The van der Waals surface area contributed by atoms with Crippen LogP contribution in [0.4, 0.5) is 5.69 Å². The molecule has 2 rings (SSSR count). The summed E-state index contributed by atoms with van der Waals surface area (Å²) in [5.41, 5.74) is 8.94. The Morgan fingerprint density at radius 2 is 2.14 bits per heavy atom. The summed E-state index contributed by atoms with van der Waals surface area (Å²) in [4.78, 5) is 16.2. The zero-order valence-corrected chi connectivity index (χ0v) is 13.2. The third-order valence-corrected chi connectivity index (χ3v) is 3.16. The number of amides is 1. The highest BCUT2D eigenvalue weighted by Gasteiger charge is 2.13. The molecule has 0 fully saturated rings. The summed E-state index contributed by atoms with van der Waals surface area (Å²) in [5.74, 6) is 0.248. The van der Waals surface area contributed by atoms with Gasteiger partial charge in [-0.2, -0.15) is 0 Å². The van der Waals surface area contributed by atoms with E-state index in [1.165, 1.54) is 0 Å². The molecule has 3 N–H and O–H groups in total. The molecule has 0 radical (unpaired) electrons. The predicted molar refractivity (Wildman–Crippen MR) is 85.5 cm³/mol. The number of halogens is 1. The molecule has 0 bridgehead atoms. The first-order valence-corrected chi connectivity index (χ1v) is 6.55. The first-order valence-electron chi connectivity index (χ1n) is 6.55. The van der Waals surface area contributed by atoms with Gasteiger partial charge < -0.3 is 15.5 Å². The Labute approximate surface area is 130 Å². The fourth-order valence-electron chi connectivity index (χ4n) is 1.78. The van der Waals surface area contributed by atoms with Crippen molar-refractivity contribution in [2.45, 2.75) is 20.8 Å². The number of oxazole rings is 1. The smallest absolute Gasteiger partial charge is 0.228 e. The van der Waals surface area contributed by atoms with Crippen LogP contribution in [0.15, 0.2) is 28.9 Å². The standard InChI is InChI=1S/C15H19N3O2.ClH/c1-9-4-5-12(18-14(19)10(2)7-16)6-13(9)15-17-11(3)8-20-15;/h4-6,8,10H,7,16H2,1-3H3,(H,18,19);1H. The van der Waals surface area contributed by atoms with Gasteiger partial charge in [0, 0.05) is 23.7 Å². The van der Waals surface area contributed by atoms with Crippen molar-refractivity contribution in [3.63, 3.8) is 0 Å². The van der Waals surface area contributed by atoms with Gasteiger partial charge in [0.2, 0.25) is 11.8 Å². The normalized spacial score (nSPS) is 11.6. The van der Waals surface area contributed by atoms with E-state index in [1.807, 2.05) is 32.0 Å². The SMILES string of the molecule is Cc1coc(-c2cc(NC(=O)C(C)CN)ccc2C)n1.Cl. The number of nitrogens with zero attached hydrogens (tertiary/aromatic N) is 1. The summed E-state index contributed by atoms with van der Waals surface area (Å²) in [6.07, 6.45) is 1.61. The van der Waals surface area contributed by atoms with E-state index >= 15 is 0 Å². The molecule has 1 heterocycles. The van der Waals surface area contributed by atoms with Crippen LogP contribution < -0.4 is 11.1 Å². The fourth-order valence-corrected chi connectivity index (χ4v) is 1.78. The van der Waals surface area contributed by atoms with Gasteiger partial charge in [0.1, 0.15) is 6.26 Å². The topological polar surface area (TPSA) is 81.2 Å². The molecule has 0 saturated carbocycles. The van der Waals surface area contributed by atoms with Crippen LogP contribution in [0.3, 0.4) is 0 Å². The molecule has 5 nitrogen and oxygen atoms in total. The molecule has 114 valence electrons. The van der Waals surface area contributed by atoms with E-state index in [9.17, 15) is 4.79 Å². The van der Waals surface area contributed by atoms with Crippen LogP contribution in [0.5, 0.6) is 0 Å². The number of aryl methyl sites for hydroxylation is 2. The second-order valence-corrected chi connectivity index (χ2v) is 4.95. The first kappa shape index (κ1) is 17.2. The van der Waals surface area contributed by atoms with E-state index in [2.05, 4.69) is 10.3 Å². The molecule has 1 aromatic heterocycles. The number of aromatic nitrogens is 1. The van der Waals surface area contributed by atoms with E-state index in [0.29, 0.717) is 18.1 Å². The van der Waals surface area contributed by atoms with Gasteiger partial charge in [-0.25, -0.2) is 4.98 Å². The van der Waals surface area contributed by atoms with E-state index < -0.39 is 0 Å². The molecule has 1 amide bonds. The summed E-state index contributed by atoms with van der Waals surface area (Å²) >= 11 is 0. The minimum absolute atomic E-state index is 0. The van der Waals surface area contributed by atoms with E-state index in [-0.39, 0.29) is 24.2 Å². The molecule has 1 aromatic carbocycles. The maximum absolute atomic E-state index is 11.9. The van der Waals surface area contributed by atoms with Gasteiger partial charge >= 0.3 is 0 Å². The zero-order valence-electron chi connectivity index (χ0n) is 12.3. The van der Waals surface area contributed by atoms with Gasteiger partial charge in [0.15, 0.2) is 0 Å². The average molecular weight is 310 g/mol. The summed E-state index contributed by atoms with van der Waals surface area (Å²) in [6.45, 7) is 5.96. The summed E-state index contributed by atoms with van der Waals surface area (Å²) in [6, 6.07) is 5.65. The highest BCUT2D eigenvalue weighted by atomic mass is 35.5. The Hall–Kier alpha value is -1.85. The average Bonchev–Trinajstić information content (AvgIpc) is 2.86. The highest BCUT2D eigenvalue weighted by molar-refractivity contribution is 5.93. The Bertz CT molecular complexity index is 625. The number of nitrogens with one attached hydrogen (secondary N) is 1. The first-order chi connectivity index (χ1) is 9.51. The molecule has 21 heavy (non-hydrogen) atoms. The Kier molecular flexibility index (Phi) is 5.93. The second kappa shape index (κ2) is 7.24. The van der Waals surface area contributed by atoms with Crippen LogP contribution in [0.25, 0.3) is 11.5 Å². The highest BCUT2D eigenvalue weighted by Crippen LogP contribution is 2.26. The van der Waals surface area contributed by atoms with Crippen LogP contribution in [-0.2, 0) is 4.79 Å². The lowest BCUT2D eigenvalue weighted by molar-refractivity contribution is -0.119. The van der Waals surface area contributed by atoms with Gasteiger partial charge in [-0.3, -0.25) is 4.79 Å². The minimum Gasteiger partial charge on any atom is -0.444 e. The van der Waals surface area contributed by atoms with Crippen molar-refractivity contribution >= 4 is 24.0 Å². The quantitative estimate of drug-likeness (QED) is 0.910. The third kappa shape index (κ3) is 4.06. The molecular formula is C15H20ClN3O2. The molecule has 1 unspecified atom stereocenters. The van der Waals surface area contributed by atoms with Crippen molar-refractivity contribution in [1.29, 1.82) is 0 Å². The summed E-state index contributed by atoms with van der Waals surface area (Å²) in [5, 5.41) is 2.85. The van der Waals surface area contributed by atoms with E-state index in [0.717, 1.165) is 16.8 Å². The Morgan fingerprint density at radius 1 is 1.43 bits per heavy atom. The van der Waals surface area contributed by atoms with Crippen LogP contribution >= 0.6 is 12.4 Å². The van der Waals surface area contributed by atoms with Crippen molar-refractivity contribution in [2.75, 3.05) is 11.9 Å². The van der Waals surface area contributed by atoms with Crippen molar-refractivity contribution in [3.05, 3.63) is 35.7 Å². The molecular weight excluding hydrogens is 290 g/mol. The number of carbonyl (C=O) groups excluding carboxylic acids is 1. The number of rotatable bonds is 4. The number of anilines is 1. The monoisotopic (exact) mass is 309 g/mol. The van der Waals surface area contributed by atoms with Crippen molar-refractivity contribution in [3.8, 4) is 11.5 Å². The van der Waals surface area contributed by atoms with Gasteiger partial charge in [0.05, 0.1) is 5.69 Å². The van der Waals surface area contributed by atoms with Crippen LogP contribution in [-0.4, -0.2) is 17.4 Å². The molecule has 2 aromatic rings. The number of carbonyl (C=O) groups is 1. The van der Waals surface area contributed by atoms with Crippen molar-refractivity contribution < 1.29 is 9.21 Å². The fraction of sp³-hybridized carbons (Fsp3) is 0.333. The molecule has 0 aliphatic rings. The lowest BCUT2D eigenvalue weighted by Crippen LogP contribution is -2.26. The minimum atomic E-state index is -0.219. The molecule has 6 heteroatoms. The van der Waals surface area contributed by atoms with Gasteiger partial charge in [-0.05, 0) is 31.5 Å². The lowest BCUT2D eigenvalue weighted by Gasteiger charge is -2.11. The Balaban J connectivity index is 0.00000220. The number of hydrogen-bond donors (Lipinski definition) is 2. The Morgan fingerprint density at radius 3 is 2.71 bits per heavy atom. The number of nitrogens with two attached hydrogens (primary N) is 1. The third-order valence-electron chi connectivity index (χ3n) is 3.16. The molecule has 0 saturated heterocycles. The molecule has 0 aliphatic carbocycles. The van der Waals surface area contributed by atoms with E-state index in [1.54, 1.807) is 13.2 Å². The largest absolute Gasteiger partial charge is 0.444 e. The van der Waals surface area contributed by atoms with Gasteiger partial charge in [-0.1, -0.05) is 13.0 Å². The molecule has 0 aliphatic heterocycles. The zero-order chi connectivity index (χ0) is 14.7. The predicted octanol–water partition coefficient (Wildman–Crippen LogP) is 2.91. The van der Waals surface area contributed by atoms with Gasteiger partial charge in [0.25, 0.3) is 0 Å². The maximum Gasteiger partial charge on any atom is 0.228 e. The van der Waals surface area contributed by atoms with Gasteiger partial charge in [-0.15, -0.1) is 12.4 Å². The number of hydrogen-bond acceptors (Lipinski definition) is 4. The van der Waals surface area contributed by atoms with Crippen LogP contribution in [0, 0.1) is 19.8 Å². The lowest BCUT2D eigenvalue weighted by atomic mass is 10.1. The van der Waals surface area contributed by atoms with Crippen molar-refractivity contribution in [2.24, 2.45) is 11.7 Å². The molecule has 0 spiro atoms. The number of benzene rings is 1. The summed E-state index contributed by atoms with van der Waals surface area (Å²) in [7, 11) is 0. The molecule has 1 atom stereocenters. The maximum atomic E-state index is 11.9.